The molecule has 0 bridgehead atoms. The van der Waals surface area contributed by atoms with Gasteiger partial charge >= 0.3 is 0 Å². The molecule has 0 spiro atoms. The number of nitrogens with one attached hydrogen (secondary N) is 1. The Balaban J connectivity index is 2.56. The van der Waals surface area contributed by atoms with E-state index in [1.54, 1.807) is 13.2 Å². The van der Waals surface area contributed by atoms with Crippen LogP contribution in [-0.4, -0.2) is 18.9 Å². The van der Waals surface area contributed by atoms with Crippen LogP contribution in [0.2, 0.25) is 0 Å². The third kappa shape index (κ3) is 5.39. The summed E-state index contributed by atoms with van der Waals surface area (Å²) in [6, 6.07) is 7.69. The molecule has 1 rings (SSSR count). The van der Waals surface area contributed by atoms with Crippen molar-refractivity contribution < 1.29 is 9.53 Å². The monoisotopic (exact) mass is 279 g/mol. The molecule has 0 radical (unpaired) electrons. The zero-order chi connectivity index (χ0) is 14.1. The first-order chi connectivity index (χ1) is 9.21. The molecule has 0 saturated carbocycles. The molecule has 0 unspecified atom stereocenters. The number of methoxy groups -OCH3 is 1. The average molecular weight is 279 g/mol. The van der Waals surface area contributed by atoms with Gasteiger partial charge in [-0.1, -0.05) is 43.3 Å². The summed E-state index contributed by atoms with van der Waals surface area (Å²) in [7, 11) is 1.63. The molecule has 1 atom stereocenters. The molecule has 0 aliphatic heterocycles. The van der Waals surface area contributed by atoms with Crippen molar-refractivity contribution >= 4 is 17.0 Å². The molecule has 1 amide bonds. The average Bonchev–Trinajstić information content (AvgIpc) is 2.45. The number of benzene rings is 1. The first-order valence-corrected chi connectivity index (χ1v) is 7.30. The maximum absolute atomic E-state index is 11.8. The van der Waals surface area contributed by atoms with Gasteiger partial charge in [-0.3, -0.25) is 4.79 Å². The number of carbonyl (C=O) groups excluding carboxylic acids is 1. The van der Waals surface area contributed by atoms with Crippen LogP contribution in [0.4, 0.5) is 4.79 Å². The summed E-state index contributed by atoms with van der Waals surface area (Å²) in [4.78, 5) is 11.8. The lowest BCUT2D eigenvalue weighted by Gasteiger charge is -2.12. The van der Waals surface area contributed by atoms with E-state index in [2.05, 4.69) is 18.8 Å². The quantitative estimate of drug-likeness (QED) is 0.601. The summed E-state index contributed by atoms with van der Waals surface area (Å²) >= 11 is 1.25. The van der Waals surface area contributed by atoms with E-state index < -0.39 is 0 Å². The largest absolute Gasteiger partial charge is 0.497 e. The Hall–Kier alpha value is -1.42. The molecule has 1 aromatic carbocycles. The summed E-state index contributed by atoms with van der Waals surface area (Å²) in [5.41, 5.74) is 1.05. The van der Waals surface area contributed by atoms with E-state index >= 15 is 0 Å². The van der Waals surface area contributed by atoms with Gasteiger partial charge in [-0.25, -0.2) is 0 Å². The second-order valence-corrected chi connectivity index (χ2v) is 5.23. The lowest BCUT2D eigenvalue weighted by molar-refractivity contribution is 0.260. The Morgan fingerprint density at radius 1 is 1.47 bits per heavy atom. The lowest BCUT2D eigenvalue weighted by Crippen LogP contribution is -2.20. The maximum atomic E-state index is 11.8. The van der Waals surface area contributed by atoms with Gasteiger partial charge in [0, 0.05) is 6.54 Å². The van der Waals surface area contributed by atoms with Gasteiger partial charge < -0.3 is 10.1 Å². The predicted octanol–water partition coefficient (Wildman–Crippen LogP) is 4.17. The fourth-order valence-corrected chi connectivity index (χ4v) is 2.38. The summed E-state index contributed by atoms with van der Waals surface area (Å²) in [6.45, 7) is 6.63. The van der Waals surface area contributed by atoms with Crippen molar-refractivity contribution in [2.75, 3.05) is 13.7 Å². The number of amides is 1. The standard InChI is InChI=1S/C15H21NO2S/c1-4-6-11-16-15(17)19-14(5-2)12-7-9-13(18-3)10-8-12/h5,7-10,14H,2,4,6,11H2,1,3H3,(H,16,17)/t14-/m0/s1. The second-order valence-electron chi connectivity index (χ2n) is 4.12. The molecule has 0 aliphatic carbocycles. The maximum Gasteiger partial charge on any atom is 0.279 e. The van der Waals surface area contributed by atoms with Crippen molar-refractivity contribution in [3.63, 3.8) is 0 Å². The molecule has 104 valence electrons. The van der Waals surface area contributed by atoms with Crippen molar-refractivity contribution in [3.05, 3.63) is 42.5 Å². The minimum Gasteiger partial charge on any atom is -0.497 e. The highest BCUT2D eigenvalue weighted by Gasteiger charge is 2.13. The highest BCUT2D eigenvalue weighted by Crippen LogP contribution is 2.31. The molecule has 4 heteroatoms. The van der Waals surface area contributed by atoms with Gasteiger partial charge in [0.25, 0.3) is 5.24 Å². The Kier molecular flexibility index (Phi) is 7.11. The number of hydrogen-bond acceptors (Lipinski definition) is 3. The van der Waals surface area contributed by atoms with Gasteiger partial charge in [-0.2, -0.15) is 0 Å². The van der Waals surface area contributed by atoms with E-state index in [0.29, 0.717) is 0 Å². The number of ether oxygens (including phenoxy) is 1. The number of rotatable bonds is 7. The van der Waals surface area contributed by atoms with Crippen molar-refractivity contribution in [2.24, 2.45) is 0 Å². The number of carbonyl (C=O) groups is 1. The van der Waals surface area contributed by atoms with Crippen LogP contribution in [0.5, 0.6) is 5.75 Å². The second kappa shape index (κ2) is 8.64. The van der Waals surface area contributed by atoms with E-state index in [4.69, 9.17) is 4.74 Å². The van der Waals surface area contributed by atoms with Gasteiger partial charge in [0.2, 0.25) is 0 Å². The summed E-state index contributed by atoms with van der Waals surface area (Å²) in [5.74, 6) is 0.809. The van der Waals surface area contributed by atoms with E-state index in [1.165, 1.54) is 11.8 Å². The molecule has 19 heavy (non-hydrogen) atoms. The molecule has 0 fully saturated rings. The first-order valence-electron chi connectivity index (χ1n) is 6.42. The normalized spacial score (nSPS) is 11.7. The molecular formula is C15H21NO2S. The molecule has 0 heterocycles. The molecule has 0 aliphatic rings. The number of hydrogen-bond donors (Lipinski definition) is 1. The molecule has 1 aromatic rings. The van der Waals surface area contributed by atoms with Gasteiger partial charge in [0.1, 0.15) is 5.75 Å². The Bertz CT molecular complexity index is 403. The first kappa shape index (κ1) is 15.6. The third-order valence-corrected chi connectivity index (χ3v) is 3.77. The van der Waals surface area contributed by atoms with E-state index in [1.807, 2.05) is 24.3 Å². The van der Waals surface area contributed by atoms with Gasteiger partial charge in [0.05, 0.1) is 12.4 Å². The molecular weight excluding hydrogens is 258 g/mol. The number of unbranched alkanes of at least 4 members (excludes halogenated alkanes) is 1. The minimum absolute atomic E-state index is 0.00540. The van der Waals surface area contributed by atoms with Crippen LogP contribution in [0.15, 0.2) is 36.9 Å². The van der Waals surface area contributed by atoms with Crippen molar-refractivity contribution in [3.8, 4) is 5.75 Å². The zero-order valence-corrected chi connectivity index (χ0v) is 12.3. The van der Waals surface area contributed by atoms with E-state index in [9.17, 15) is 4.79 Å². The topological polar surface area (TPSA) is 38.3 Å². The highest BCUT2D eigenvalue weighted by molar-refractivity contribution is 8.13. The van der Waals surface area contributed by atoms with Crippen LogP contribution < -0.4 is 10.1 Å². The molecule has 1 N–H and O–H groups in total. The van der Waals surface area contributed by atoms with Crippen LogP contribution in [0.3, 0.4) is 0 Å². The molecule has 0 aromatic heterocycles. The predicted molar refractivity (Wildman–Crippen MR) is 81.8 cm³/mol. The van der Waals surface area contributed by atoms with Crippen LogP contribution in [0, 0.1) is 0 Å². The fraction of sp³-hybridized carbons (Fsp3) is 0.400. The Labute approximate surface area is 119 Å². The summed E-state index contributed by atoms with van der Waals surface area (Å²) in [5, 5.41) is 2.85. The SMILES string of the molecule is C=C[C@H](SC(=O)NCCCC)c1ccc(OC)cc1. The third-order valence-electron chi connectivity index (χ3n) is 2.69. The minimum atomic E-state index is -0.0347. The van der Waals surface area contributed by atoms with Crippen LogP contribution in [-0.2, 0) is 0 Å². The van der Waals surface area contributed by atoms with Gasteiger partial charge in [0.15, 0.2) is 0 Å². The van der Waals surface area contributed by atoms with Crippen molar-refractivity contribution in [1.29, 1.82) is 0 Å². The summed E-state index contributed by atoms with van der Waals surface area (Å²) in [6.07, 6.45) is 3.87. The summed E-state index contributed by atoms with van der Waals surface area (Å²) < 4.78 is 5.12. The van der Waals surface area contributed by atoms with E-state index in [-0.39, 0.29) is 10.5 Å². The van der Waals surface area contributed by atoms with Gasteiger partial charge in [-0.05, 0) is 24.1 Å². The van der Waals surface area contributed by atoms with E-state index in [0.717, 1.165) is 30.7 Å². The van der Waals surface area contributed by atoms with Crippen LogP contribution in [0.1, 0.15) is 30.6 Å². The van der Waals surface area contributed by atoms with Crippen LogP contribution in [0.25, 0.3) is 0 Å². The Morgan fingerprint density at radius 2 is 2.16 bits per heavy atom. The van der Waals surface area contributed by atoms with Crippen LogP contribution >= 0.6 is 11.8 Å². The Morgan fingerprint density at radius 3 is 2.68 bits per heavy atom. The number of thioether (sulfide) groups is 1. The highest BCUT2D eigenvalue weighted by atomic mass is 32.2. The fourth-order valence-electron chi connectivity index (χ4n) is 1.57. The zero-order valence-electron chi connectivity index (χ0n) is 11.5. The smallest absolute Gasteiger partial charge is 0.279 e. The molecule has 0 saturated heterocycles. The molecule has 3 nitrogen and oxygen atoms in total. The van der Waals surface area contributed by atoms with Gasteiger partial charge in [-0.15, -0.1) is 6.58 Å². The van der Waals surface area contributed by atoms with Crippen molar-refractivity contribution in [1.82, 2.24) is 5.32 Å². The lowest BCUT2D eigenvalue weighted by atomic mass is 10.1. The van der Waals surface area contributed by atoms with Crippen molar-refractivity contribution in [2.45, 2.75) is 25.0 Å².